The van der Waals surface area contributed by atoms with E-state index in [1.165, 1.54) is 11.3 Å². The molecule has 0 unspecified atom stereocenters. The Kier molecular flexibility index (Phi) is 3.45. The maximum absolute atomic E-state index is 11.9. The summed E-state index contributed by atoms with van der Waals surface area (Å²) < 4.78 is 0. The lowest BCUT2D eigenvalue weighted by Crippen LogP contribution is -2.11. The van der Waals surface area contributed by atoms with Gasteiger partial charge in [0.15, 0.2) is 5.01 Å². The number of aromatic nitrogens is 1. The molecule has 2 aromatic rings. The second kappa shape index (κ2) is 4.85. The van der Waals surface area contributed by atoms with Gasteiger partial charge in [0.1, 0.15) is 0 Å². The van der Waals surface area contributed by atoms with Crippen LogP contribution in [0.3, 0.4) is 0 Å². The van der Waals surface area contributed by atoms with Crippen LogP contribution in [-0.4, -0.2) is 10.9 Å². The Balaban J connectivity index is 2.17. The molecule has 1 heterocycles. The number of benzene rings is 1. The molecule has 0 atom stereocenters. The molecule has 5 heteroatoms. The number of carbonyl (C=O) groups is 1. The zero-order valence-electron chi connectivity index (χ0n) is 9.45. The topological polar surface area (TPSA) is 42.0 Å². The third-order valence-corrected chi connectivity index (χ3v) is 3.61. The van der Waals surface area contributed by atoms with Crippen LogP contribution in [0.2, 0.25) is 5.02 Å². The monoisotopic (exact) mass is 266 g/mol. The minimum absolute atomic E-state index is 0.200. The van der Waals surface area contributed by atoms with Crippen LogP contribution in [-0.2, 0) is 0 Å². The molecule has 1 N–H and O–H groups in total. The molecule has 88 valence electrons. The molecule has 0 bridgehead atoms. The fraction of sp³-hybridized carbons (Fsp3) is 0.167. The standard InChI is InChI=1S/C12H11ClN2OS/c1-7-8(2)17-12(14-7)11(16)15-10-5-3-4-9(13)6-10/h3-6H,1-2H3,(H,15,16). The van der Waals surface area contributed by atoms with E-state index < -0.39 is 0 Å². The van der Waals surface area contributed by atoms with Crippen molar-refractivity contribution in [3.05, 3.63) is 44.9 Å². The predicted molar refractivity (Wildman–Crippen MR) is 71.0 cm³/mol. The molecule has 0 aliphatic rings. The van der Waals surface area contributed by atoms with Gasteiger partial charge < -0.3 is 5.32 Å². The van der Waals surface area contributed by atoms with Crippen LogP contribution in [0, 0.1) is 13.8 Å². The van der Waals surface area contributed by atoms with Crippen LogP contribution in [0.1, 0.15) is 20.4 Å². The van der Waals surface area contributed by atoms with Crippen LogP contribution in [0.5, 0.6) is 0 Å². The zero-order chi connectivity index (χ0) is 12.4. The third-order valence-electron chi connectivity index (χ3n) is 2.31. The van der Waals surface area contributed by atoms with Crippen molar-refractivity contribution in [3.63, 3.8) is 0 Å². The molecule has 0 spiro atoms. The number of thiazole rings is 1. The summed E-state index contributed by atoms with van der Waals surface area (Å²) in [6.07, 6.45) is 0. The van der Waals surface area contributed by atoms with Gasteiger partial charge in [0.2, 0.25) is 0 Å². The lowest BCUT2D eigenvalue weighted by Gasteiger charge is -2.02. The quantitative estimate of drug-likeness (QED) is 0.901. The highest BCUT2D eigenvalue weighted by molar-refractivity contribution is 7.13. The van der Waals surface area contributed by atoms with Crippen LogP contribution in [0.25, 0.3) is 0 Å². The molecule has 0 saturated carbocycles. The van der Waals surface area contributed by atoms with Gasteiger partial charge >= 0.3 is 0 Å². The summed E-state index contributed by atoms with van der Waals surface area (Å²) in [6, 6.07) is 7.04. The van der Waals surface area contributed by atoms with E-state index in [2.05, 4.69) is 10.3 Å². The van der Waals surface area contributed by atoms with Crippen molar-refractivity contribution < 1.29 is 4.79 Å². The number of nitrogens with one attached hydrogen (secondary N) is 1. The Morgan fingerprint density at radius 2 is 2.18 bits per heavy atom. The number of amides is 1. The summed E-state index contributed by atoms with van der Waals surface area (Å²) in [5.41, 5.74) is 1.57. The van der Waals surface area contributed by atoms with E-state index >= 15 is 0 Å². The first-order valence-corrected chi connectivity index (χ1v) is 6.26. The predicted octanol–water partition coefficient (Wildman–Crippen LogP) is 3.67. The van der Waals surface area contributed by atoms with E-state index in [-0.39, 0.29) is 5.91 Å². The van der Waals surface area contributed by atoms with Gasteiger partial charge in [0, 0.05) is 15.6 Å². The molecule has 2 rings (SSSR count). The largest absolute Gasteiger partial charge is 0.320 e. The smallest absolute Gasteiger partial charge is 0.284 e. The van der Waals surface area contributed by atoms with Gasteiger partial charge in [-0.1, -0.05) is 17.7 Å². The highest BCUT2D eigenvalue weighted by Gasteiger charge is 2.12. The van der Waals surface area contributed by atoms with E-state index in [1.54, 1.807) is 24.3 Å². The molecular weight excluding hydrogens is 256 g/mol. The summed E-state index contributed by atoms with van der Waals surface area (Å²) in [7, 11) is 0. The second-order valence-electron chi connectivity index (χ2n) is 3.63. The van der Waals surface area contributed by atoms with Crippen molar-refractivity contribution in [2.24, 2.45) is 0 Å². The lowest BCUT2D eigenvalue weighted by molar-refractivity contribution is 0.102. The van der Waals surface area contributed by atoms with Gasteiger partial charge in [-0.2, -0.15) is 0 Å². The first-order valence-electron chi connectivity index (χ1n) is 5.07. The van der Waals surface area contributed by atoms with Crippen LogP contribution in [0.4, 0.5) is 5.69 Å². The average molecular weight is 267 g/mol. The molecule has 0 fully saturated rings. The van der Waals surface area contributed by atoms with Crippen molar-refractivity contribution in [2.75, 3.05) is 5.32 Å². The van der Waals surface area contributed by atoms with E-state index in [1.807, 2.05) is 13.8 Å². The minimum Gasteiger partial charge on any atom is -0.320 e. The van der Waals surface area contributed by atoms with Crippen LogP contribution < -0.4 is 5.32 Å². The number of carbonyl (C=O) groups excluding carboxylic acids is 1. The molecule has 0 aliphatic heterocycles. The molecule has 0 aliphatic carbocycles. The summed E-state index contributed by atoms with van der Waals surface area (Å²) in [5.74, 6) is -0.200. The lowest BCUT2D eigenvalue weighted by atomic mass is 10.3. The van der Waals surface area contributed by atoms with Gasteiger partial charge in [-0.15, -0.1) is 11.3 Å². The van der Waals surface area contributed by atoms with Gasteiger partial charge in [-0.3, -0.25) is 4.79 Å². The molecule has 17 heavy (non-hydrogen) atoms. The summed E-state index contributed by atoms with van der Waals surface area (Å²) in [6.45, 7) is 3.84. The van der Waals surface area contributed by atoms with Gasteiger partial charge in [-0.05, 0) is 32.0 Å². The van der Waals surface area contributed by atoms with E-state index in [0.717, 1.165) is 10.6 Å². The van der Waals surface area contributed by atoms with Crippen molar-refractivity contribution >= 4 is 34.5 Å². The second-order valence-corrected chi connectivity index (χ2v) is 5.26. The Bertz CT molecular complexity index is 546. The summed E-state index contributed by atoms with van der Waals surface area (Å²) >= 11 is 7.23. The Morgan fingerprint density at radius 1 is 1.41 bits per heavy atom. The van der Waals surface area contributed by atoms with E-state index in [0.29, 0.717) is 15.7 Å². The van der Waals surface area contributed by atoms with E-state index in [4.69, 9.17) is 11.6 Å². The normalized spacial score (nSPS) is 10.3. The first kappa shape index (κ1) is 12.1. The van der Waals surface area contributed by atoms with Crippen LogP contribution in [0.15, 0.2) is 24.3 Å². The highest BCUT2D eigenvalue weighted by atomic mass is 35.5. The van der Waals surface area contributed by atoms with Gasteiger partial charge in [0.25, 0.3) is 5.91 Å². The third kappa shape index (κ3) is 2.84. The number of aryl methyl sites for hydroxylation is 2. The van der Waals surface area contributed by atoms with Crippen molar-refractivity contribution in [1.82, 2.24) is 4.98 Å². The zero-order valence-corrected chi connectivity index (χ0v) is 11.0. The fourth-order valence-electron chi connectivity index (χ4n) is 1.32. The Hall–Kier alpha value is -1.39. The molecular formula is C12H11ClN2OS. The summed E-state index contributed by atoms with van der Waals surface area (Å²) in [4.78, 5) is 17.1. The number of rotatable bonds is 2. The minimum atomic E-state index is -0.200. The number of hydrogen-bond donors (Lipinski definition) is 1. The average Bonchev–Trinajstić information content (AvgIpc) is 2.59. The molecule has 0 radical (unpaired) electrons. The van der Waals surface area contributed by atoms with Crippen molar-refractivity contribution in [2.45, 2.75) is 13.8 Å². The number of anilines is 1. The van der Waals surface area contributed by atoms with Gasteiger partial charge in [0.05, 0.1) is 5.69 Å². The molecule has 1 aromatic carbocycles. The highest BCUT2D eigenvalue weighted by Crippen LogP contribution is 2.19. The molecule has 1 aromatic heterocycles. The maximum Gasteiger partial charge on any atom is 0.284 e. The maximum atomic E-state index is 11.9. The number of halogens is 1. The van der Waals surface area contributed by atoms with E-state index in [9.17, 15) is 4.79 Å². The SMILES string of the molecule is Cc1nc(C(=O)Nc2cccc(Cl)c2)sc1C. The Labute approximate surface area is 108 Å². The number of hydrogen-bond acceptors (Lipinski definition) is 3. The van der Waals surface area contributed by atoms with Gasteiger partial charge in [-0.25, -0.2) is 4.98 Å². The molecule has 1 amide bonds. The molecule has 3 nitrogen and oxygen atoms in total. The number of nitrogens with zero attached hydrogens (tertiary/aromatic N) is 1. The Morgan fingerprint density at radius 3 is 2.76 bits per heavy atom. The summed E-state index contributed by atoms with van der Waals surface area (Å²) in [5, 5.41) is 3.83. The first-order chi connectivity index (χ1) is 8.06. The fourth-order valence-corrected chi connectivity index (χ4v) is 2.32. The van der Waals surface area contributed by atoms with Crippen LogP contribution >= 0.6 is 22.9 Å². The van der Waals surface area contributed by atoms with Crippen molar-refractivity contribution in [1.29, 1.82) is 0 Å². The molecule has 0 saturated heterocycles. The van der Waals surface area contributed by atoms with Crippen molar-refractivity contribution in [3.8, 4) is 0 Å².